The van der Waals surface area contributed by atoms with Crippen molar-refractivity contribution in [1.29, 1.82) is 0 Å². The summed E-state index contributed by atoms with van der Waals surface area (Å²) in [5.41, 5.74) is 5.94. The Hall–Kier alpha value is -2.80. The monoisotopic (exact) mass is 429 g/mol. The minimum absolute atomic E-state index is 0.414. The standard InChI is InChI=1S/C23H31N3O3S/c1-16(2)19-11-10-17(3)14-21(19)28-12-7-13-29-22-18(8-6-9-20(22)27-5)15-25-26-23(30)24-4/h6,8-11,14-16H,7,12-13H2,1-5H3,(H2,24,26,30). The number of thiocarbonyl (C=S) groups is 1. The molecule has 0 aliphatic rings. The molecule has 0 fully saturated rings. The first-order chi connectivity index (χ1) is 14.5. The Morgan fingerprint density at radius 3 is 2.60 bits per heavy atom. The molecule has 2 aromatic rings. The summed E-state index contributed by atoms with van der Waals surface area (Å²) in [7, 11) is 3.35. The van der Waals surface area contributed by atoms with E-state index in [9.17, 15) is 0 Å². The number of aryl methyl sites for hydroxylation is 1. The van der Waals surface area contributed by atoms with E-state index < -0.39 is 0 Å². The van der Waals surface area contributed by atoms with Crippen molar-refractivity contribution >= 4 is 23.5 Å². The van der Waals surface area contributed by atoms with Crippen molar-refractivity contribution in [1.82, 2.24) is 10.7 Å². The van der Waals surface area contributed by atoms with Gasteiger partial charge in [-0.25, -0.2) is 0 Å². The highest BCUT2D eigenvalue weighted by atomic mass is 32.1. The van der Waals surface area contributed by atoms with Crippen LogP contribution in [0.2, 0.25) is 0 Å². The Kier molecular flexibility index (Phi) is 9.41. The molecule has 30 heavy (non-hydrogen) atoms. The molecule has 2 N–H and O–H groups in total. The molecule has 6 nitrogen and oxygen atoms in total. The Bertz CT molecular complexity index is 869. The van der Waals surface area contributed by atoms with Gasteiger partial charge < -0.3 is 19.5 Å². The topological polar surface area (TPSA) is 64.1 Å². The number of nitrogens with zero attached hydrogens (tertiary/aromatic N) is 1. The molecule has 0 unspecified atom stereocenters. The van der Waals surface area contributed by atoms with E-state index in [0.717, 1.165) is 17.7 Å². The van der Waals surface area contributed by atoms with E-state index in [1.54, 1.807) is 20.4 Å². The lowest BCUT2D eigenvalue weighted by Crippen LogP contribution is -2.28. The SMILES string of the molecule is CNC(=S)NN=Cc1cccc(OC)c1OCCCOc1cc(C)ccc1C(C)C. The van der Waals surface area contributed by atoms with Gasteiger partial charge in [0.2, 0.25) is 0 Å². The molecule has 0 radical (unpaired) electrons. The maximum atomic E-state index is 6.04. The highest BCUT2D eigenvalue weighted by Gasteiger charge is 2.11. The number of benzene rings is 2. The molecule has 0 bridgehead atoms. The summed E-state index contributed by atoms with van der Waals surface area (Å²) in [4.78, 5) is 0. The summed E-state index contributed by atoms with van der Waals surface area (Å²) >= 11 is 5.02. The third kappa shape index (κ3) is 6.91. The van der Waals surface area contributed by atoms with Gasteiger partial charge in [-0.1, -0.05) is 32.0 Å². The molecule has 0 aliphatic heterocycles. The molecule has 0 amide bonds. The van der Waals surface area contributed by atoms with Gasteiger partial charge in [0.1, 0.15) is 5.75 Å². The summed E-state index contributed by atoms with van der Waals surface area (Å²) in [5, 5.41) is 7.36. The number of para-hydroxylation sites is 1. The Morgan fingerprint density at radius 2 is 1.90 bits per heavy atom. The van der Waals surface area contributed by atoms with Gasteiger partial charge in [-0.3, -0.25) is 5.43 Å². The number of methoxy groups -OCH3 is 1. The van der Waals surface area contributed by atoms with Crippen LogP contribution in [-0.2, 0) is 0 Å². The van der Waals surface area contributed by atoms with Crippen LogP contribution in [0.1, 0.15) is 42.9 Å². The molecule has 0 saturated carbocycles. The first-order valence-corrected chi connectivity index (χ1v) is 10.4. The number of hydrogen-bond acceptors (Lipinski definition) is 5. The predicted molar refractivity (Wildman–Crippen MR) is 126 cm³/mol. The zero-order valence-electron chi connectivity index (χ0n) is 18.3. The van der Waals surface area contributed by atoms with Crippen molar-refractivity contribution in [2.45, 2.75) is 33.1 Å². The van der Waals surface area contributed by atoms with E-state index in [1.165, 1.54) is 11.1 Å². The van der Waals surface area contributed by atoms with Gasteiger partial charge in [-0.15, -0.1) is 0 Å². The first kappa shape index (κ1) is 23.5. The first-order valence-electron chi connectivity index (χ1n) is 10.00. The van der Waals surface area contributed by atoms with Gasteiger partial charge in [0, 0.05) is 19.0 Å². The molecule has 2 rings (SSSR count). The Balaban J connectivity index is 1.96. The minimum atomic E-state index is 0.414. The Labute approximate surface area is 184 Å². The van der Waals surface area contributed by atoms with Crippen molar-refractivity contribution in [3.05, 3.63) is 53.1 Å². The molecule has 0 atom stereocenters. The molecule has 0 aromatic heterocycles. The summed E-state index contributed by atoms with van der Waals surface area (Å²) in [5.74, 6) is 2.65. The van der Waals surface area contributed by atoms with Gasteiger partial charge >= 0.3 is 0 Å². The second-order valence-corrected chi connectivity index (χ2v) is 7.48. The molecule has 0 heterocycles. The predicted octanol–water partition coefficient (Wildman–Crippen LogP) is 4.40. The highest BCUT2D eigenvalue weighted by molar-refractivity contribution is 7.80. The fourth-order valence-electron chi connectivity index (χ4n) is 2.82. The van der Waals surface area contributed by atoms with Crippen LogP contribution in [0.4, 0.5) is 0 Å². The maximum absolute atomic E-state index is 6.04. The summed E-state index contributed by atoms with van der Waals surface area (Å²) in [6.45, 7) is 7.47. The van der Waals surface area contributed by atoms with Crippen LogP contribution in [0, 0.1) is 6.92 Å². The summed E-state index contributed by atoms with van der Waals surface area (Å²) in [6, 6.07) is 12.0. The molecule has 0 aliphatic carbocycles. The third-order valence-corrected chi connectivity index (χ3v) is 4.71. The second-order valence-electron chi connectivity index (χ2n) is 7.07. The maximum Gasteiger partial charge on any atom is 0.186 e. The lowest BCUT2D eigenvalue weighted by atomic mass is 10.0. The highest BCUT2D eigenvalue weighted by Crippen LogP contribution is 2.30. The van der Waals surface area contributed by atoms with E-state index >= 15 is 0 Å². The molecule has 0 spiro atoms. The second kappa shape index (κ2) is 12.0. The van der Waals surface area contributed by atoms with E-state index in [1.807, 2.05) is 18.2 Å². The fraction of sp³-hybridized carbons (Fsp3) is 0.391. The largest absolute Gasteiger partial charge is 0.493 e. The van der Waals surface area contributed by atoms with E-state index in [4.69, 9.17) is 26.4 Å². The van der Waals surface area contributed by atoms with Crippen LogP contribution in [0.5, 0.6) is 17.2 Å². The van der Waals surface area contributed by atoms with Crippen LogP contribution in [-0.4, -0.2) is 38.7 Å². The van der Waals surface area contributed by atoms with Crippen molar-refractivity contribution in [2.75, 3.05) is 27.4 Å². The van der Waals surface area contributed by atoms with Crippen LogP contribution < -0.4 is 25.0 Å². The minimum Gasteiger partial charge on any atom is -0.493 e. The quantitative estimate of drug-likeness (QED) is 0.253. The van der Waals surface area contributed by atoms with Gasteiger partial charge in [0.25, 0.3) is 0 Å². The van der Waals surface area contributed by atoms with Crippen molar-refractivity contribution in [2.24, 2.45) is 5.10 Å². The normalized spacial score (nSPS) is 10.9. The molecule has 2 aromatic carbocycles. The van der Waals surface area contributed by atoms with E-state index in [0.29, 0.717) is 35.7 Å². The smallest absolute Gasteiger partial charge is 0.186 e. The van der Waals surface area contributed by atoms with Crippen LogP contribution in [0.3, 0.4) is 0 Å². The van der Waals surface area contributed by atoms with Gasteiger partial charge in [0.05, 0.1) is 26.5 Å². The van der Waals surface area contributed by atoms with Crippen molar-refractivity contribution < 1.29 is 14.2 Å². The number of hydrazone groups is 1. The summed E-state index contributed by atoms with van der Waals surface area (Å²) < 4.78 is 17.5. The lowest BCUT2D eigenvalue weighted by molar-refractivity contribution is 0.239. The molecular weight excluding hydrogens is 398 g/mol. The average Bonchev–Trinajstić information content (AvgIpc) is 2.73. The molecular formula is C23H31N3O3S. The number of rotatable bonds is 10. The van der Waals surface area contributed by atoms with Gasteiger partial charge in [-0.2, -0.15) is 5.10 Å². The van der Waals surface area contributed by atoms with Crippen LogP contribution in [0.25, 0.3) is 0 Å². The van der Waals surface area contributed by atoms with Gasteiger partial charge in [-0.05, 0) is 54.4 Å². The van der Waals surface area contributed by atoms with Crippen molar-refractivity contribution in [3.63, 3.8) is 0 Å². The lowest BCUT2D eigenvalue weighted by Gasteiger charge is -2.16. The average molecular weight is 430 g/mol. The van der Waals surface area contributed by atoms with Crippen LogP contribution >= 0.6 is 12.2 Å². The molecule has 0 saturated heterocycles. The van der Waals surface area contributed by atoms with Crippen LogP contribution in [0.15, 0.2) is 41.5 Å². The fourth-order valence-corrected chi connectivity index (χ4v) is 2.88. The number of hydrogen-bond donors (Lipinski definition) is 2. The molecule has 162 valence electrons. The Morgan fingerprint density at radius 1 is 1.13 bits per heavy atom. The molecule has 7 heteroatoms. The number of nitrogens with one attached hydrogen (secondary N) is 2. The number of ether oxygens (including phenoxy) is 3. The zero-order valence-corrected chi connectivity index (χ0v) is 19.1. The van der Waals surface area contributed by atoms with Crippen molar-refractivity contribution in [3.8, 4) is 17.2 Å². The zero-order chi connectivity index (χ0) is 21.9. The summed E-state index contributed by atoms with van der Waals surface area (Å²) in [6.07, 6.45) is 2.39. The third-order valence-electron chi connectivity index (χ3n) is 4.41. The van der Waals surface area contributed by atoms with E-state index in [-0.39, 0.29) is 0 Å². The van der Waals surface area contributed by atoms with E-state index in [2.05, 4.69) is 54.8 Å². The van der Waals surface area contributed by atoms with Gasteiger partial charge in [0.15, 0.2) is 16.6 Å².